The van der Waals surface area contributed by atoms with E-state index in [-0.39, 0.29) is 30.7 Å². The van der Waals surface area contributed by atoms with E-state index in [1.807, 2.05) is 6.07 Å². The zero-order chi connectivity index (χ0) is 25.8. The average molecular weight is 498 g/mol. The first-order chi connectivity index (χ1) is 17.2. The zero-order valence-electron chi connectivity index (χ0n) is 20.2. The van der Waals surface area contributed by atoms with Crippen molar-refractivity contribution in [3.63, 3.8) is 0 Å². The number of rotatable bonds is 9. The topological polar surface area (TPSA) is 119 Å². The van der Waals surface area contributed by atoms with Crippen LogP contribution >= 0.6 is 0 Å². The number of aliphatic hydroxyl groups is 1. The molecule has 1 aliphatic heterocycles. The molecule has 2 aromatic rings. The first-order valence-corrected chi connectivity index (χ1v) is 12.3. The van der Waals surface area contributed by atoms with Crippen LogP contribution in [0.2, 0.25) is 0 Å². The Morgan fingerprint density at radius 1 is 1.11 bits per heavy atom. The monoisotopic (exact) mass is 497 g/mol. The molecule has 2 aromatic carbocycles. The second-order valence-electron chi connectivity index (χ2n) is 9.69. The average Bonchev–Trinajstić information content (AvgIpc) is 3.62. The summed E-state index contributed by atoms with van der Waals surface area (Å²) in [4.78, 5) is 40.2. The third-order valence-electron chi connectivity index (χ3n) is 6.90. The summed E-state index contributed by atoms with van der Waals surface area (Å²) in [5.41, 5.74) is 1.34. The molecule has 36 heavy (non-hydrogen) atoms. The maximum Gasteiger partial charge on any atom is 0.254 e. The number of phenols is 1. The number of amides is 3. The van der Waals surface area contributed by atoms with Gasteiger partial charge in [0.2, 0.25) is 5.91 Å². The molecule has 4 N–H and O–H groups in total. The molecule has 9 heteroatoms. The van der Waals surface area contributed by atoms with Gasteiger partial charge in [-0.3, -0.25) is 14.4 Å². The molecule has 4 atom stereocenters. The first kappa shape index (κ1) is 25.6. The van der Waals surface area contributed by atoms with Gasteiger partial charge in [0.1, 0.15) is 18.0 Å². The fourth-order valence-electron chi connectivity index (χ4n) is 4.53. The van der Waals surface area contributed by atoms with Crippen molar-refractivity contribution in [2.75, 3.05) is 13.1 Å². The van der Waals surface area contributed by atoms with Crippen LogP contribution in [-0.2, 0) is 16.0 Å². The minimum Gasteiger partial charge on any atom is -0.508 e. The van der Waals surface area contributed by atoms with Crippen molar-refractivity contribution in [2.24, 2.45) is 5.92 Å². The summed E-state index contributed by atoms with van der Waals surface area (Å²) >= 11 is 0. The van der Waals surface area contributed by atoms with Crippen molar-refractivity contribution in [2.45, 2.75) is 57.0 Å². The second kappa shape index (κ2) is 11.1. The van der Waals surface area contributed by atoms with Crippen molar-refractivity contribution >= 4 is 17.7 Å². The Labute approximate surface area is 209 Å². The first-order valence-electron chi connectivity index (χ1n) is 12.3. The molecule has 1 aliphatic carbocycles. The van der Waals surface area contributed by atoms with Crippen LogP contribution in [0.25, 0.3) is 0 Å². The summed E-state index contributed by atoms with van der Waals surface area (Å²) in [5.74, 6) is -1.43. The van der Waals surface area contributed by atoms with Crippen LogP contribution in [0.5, 0.6) is 5.75 Å². The minimum atomic E-state index is -1.71. The van der Waals surface area contributed by atoms with Gasteiger partial charge >= 0.3 is 0 Å². The molecule has 2 fully saturated rings. The Bertz CT molecular complexity index is 1110. The molecule has 0 bridgehead atoms. The van der Waals surface area contributed by atoms with Crippen molar-refractivity contribution < 1.29 is 29.0 Å². The number of carbonyl (C=O) groups excluding carboxylic acids is 3. The summed E-state index contributed by atoms with van der Waals surface area (Å²) in [5, 5.41) is 26.6. The molecule has 1 heterocycles. The Hall–Kier alpha value is -3.46. The predicted molar refractivity (Wildman–Crippen MR) is 131 cm³/mol. The number of halogens is 1. The van der Waals surface area contributed by atoms with Crippen LogP contribution in [0.1, 0.15) is 40.7 Å². The molecule has 4 unspecified atom stereocenters. The largest absolute Gasteiger partial charge is 0.508 e. The number of nitrogens with one attached hydrogen (secondary N) is 2. The molecular weight excluding hydrogens is 465 g/mol. The quantitative estimate of drug-likeness (QED) is 0.422. The maximum atomic E-state index is 14.3. The van der Waals surface area contributed by atoms with Crippen LogP contribution in [0.15, 0.2) is 48.5 Å². The van der Waals surface area contributed by atoms with Crippen LogP contribution in [0.3, 0.4) is 0 Å². The van der Waals surface area contributed by atoms with Crippen LogP contribution in [0, 0.1) is 12.8 Å². The Morgan fingerprint density at radius 3 is 2.53 bits per heavy atom. The predicted octanol–water partition coefficient (Wildman–Crippen LogP) is 1.87. The highest BCUT2D eigenvalue weighted by Gasteiger charge is 2.43. The van der Waals surface area contributed by atoms with E-state index in [1.54, 1.807) is 31.2 Å². The highest BCUT2D eigenvalue weighted by molar-refractivity contribution is 5.97. The van der Waals surface area contributed by atoms with Gasteiger partial charge < -0.3 is 25.7 Å². The van der Waals surface area contributed by atoms with E-state index >= 15 is 0 Å². The number of carbonyl (C=O) groups is 3. The van der Waals surface area contributed by atoms with E-state index in [4.69, 9.17) is 0 Å². The number of hydrogen-bond donors (Lipinski definition) is 4. The van der Waals surface area contributed by atoms with Crippen LogP contribution in [0.4, 0.5) is 4.39 Å². The van der Waals surface area contributed by atoms with E-state index < -0.39 is 42.1 Å². The molecule has 0 spiro atoms. The van der Waals surface area contributed by atoms with Crippen molar-refractivity contribution in [3.8, 4) is 5.75 Å². The number of aromatic hydroxyl groups is 1. The summed E-state index contributed by atoms with van der Waals surface area (Å²) in [6.45, 7) is 1.79. The van der Waals surface area contributed by atoms with E-state index in [2.05, 4.69) is 10.6 Å². The van der Waals surface area contributed by atoms with E-state index in [0.29, 0.717) is 18.0 Å². The lowest BCUT2D eigenvalue weighted by Gasteiger charge is -2.30. The van der Waals surface area contributed by atoms with Crippen LogP contribution < -0.4 is 10.6 Å². The minimum absolute atomic E-state index is 0.0509. The third-order valence-corrected chi connectivity index (χ3v) is 6.90. The molecule has 2 aliphatic rings. The van der Waals surface area contributed by atoms with Crippen LogP contribution in [-0.4, -0.2) is 70.3 Å². The number of phenolic OH excluding ortho intramolecular Hbond substituents is 1. The lowest BCUT2D eigenvalue weighted by molar-refractivity contribution is -0.146. The molecule has 1 saturated heterocycles. The van der Waals surface area contributed by atoms with Crippen molar-refractivity contribution in [1.82, 2.24) is 15.5 Å². The van der Waals surface area contributed by atoms with Gasteiger partial charge in [0, 0.05) is 24.1 Å². The lowest BCUT2D eigenvalue weighted by Crippen LogP contribution is -2.56. The Morgan fingerprint density at radius 2 is 1.83 bits per heavy atom. The summed E-state index contributed by atoms with van der Waals surface area (Å²) in [7, 11) is 0. The van der Waals surface area contributed by atoms with Gasteiger partial charge in [-0.05, 0) is 49.8 Å². The zero-order valence-corrected chi connectivity index (χ0v) is 20.2. The number of hydrogen-bond acceptors (Lipinski definition) is 5. The highest BCUT2D eigenvalue weighted by atomic mass is 19.1. The maximum absolute atomic E-state index is 14.3. The van der Waals surface area contributed by atoms with Gasteiger partial charge in [-0.15, -0.1) is 0 Å². The van der Waals surface area contributed by atoms with E-state index in [9.17, 15) is 29.0 Å². The lowest BCUT2D eigenvalue weighted by atomic mass is 9.98. The Kier molecular flexibility index (Phi) is 7.88. The SMILES string of the molecule is Cc1c(O)cccc1C(=O)NC(Cc1ccccc1)C(O)C(=O)N1CC(F)CC1C(=O)NCC1CC1. The Balaban J connectivity index is 1.53. The smallest absolute Gasteiger partial charge is 0.254 e. The van der Waals surface area contributed by atoms with Gasteiger partial charge in [0.05, 0.1) is 12.6 Å². The normalized spacial score (nSPS) is 21.0. The van der Waals surface area contributed by atoms with Gasteiger partial charge in [-0.25, -0.2) is 4.39 Å². The van der Waals surface area contributed by atoms with Gasteiger partial charge in [-0.2, -0.15) is 0 Å². The highest BCUT2D eigenvalue weighted by Crippen LogP contribution is 2.28. The summed E-state index contributed by atoms with van der Waals surface area (Å²) in [6.07, 6.45) is -1.02. The number of nitrogens with zero attached hydrogens (tertiary/aromatic N) is 1. The molecule has 0 aromatic heterocycles. The summed E-state index contributed by atoms with van der Waals surface area (Å²) < 4.78 is 14.3. The number of likely N-dealkylation sites (tertiary alicyclic amines) is 1. The summed E-state index contributed by atoms with van der Waals surface area (Å²) in [6, 6.07) is 11.5. The molecule has 8 nitrogen and oxygen atoms in total. The van der Waals surface area contributed by atoms with Gasteiger partial charge in [0.25, 0.3) is 11.8 Å². The molecule has 192 valence electrons. The van der Waals surface area contributed by atoms with Gasteiger partial charge in [0.15, 0.2) is 6.10 Å². The second-order valence-corrected chi connectivity index (χ2v) is 9.69. The van der Waals surface area contributed by atoms with E-state index in [1.165, 1.54) is 18.2 Å². The molecule has 3 amide bonds. The van der Waals surface area contributed by atoms with E-state index in [0.717, 1.165) is 23.3 Å². The fourth-order valence-corrected chi connectivity index (χ4v) is 4.53. The molecular formula is C27H32FN3O5. The standard InChI is InChI=1S/C27H32FN3O5/c1-16-20(8-5-9-23(16)32)25(34)30-21(12-17-6-3-2-4-7-17)24(33)27(36)31-15-19(28)13-22(31)26(35)29-14-18-10-11-18/h2-9,18-19,21-22,24,32-33H,10-15H2,1H3,(H,29,35)(H,30,34). The van der Waals surface area contributed by atoms with Crippen molar-refractivity contribution in [1.29, 1.82) is 0 Å². The fraction of sp³-hybridized carbons (Fsp3) is 0.444. The van der Waals surface area contributed by atoms with Crippen molar-refractivity contribution in [3.05, 3.63) is 65.2 Å². The number of aliphatic hydroxyl groups excluding tert-OH is 1. The van der Waals surface area contributed by atoms with Gasteiger partial charge in [-0.1, -0.05) is 36.4 Å². The number of alkyl halides is 1. The molecule has 4 rings (SSSR count). The molecule has 0 radical (unpaired) electrons. The number of benzene rings is 2. The third kappa shape index (κ3) is 6.02. The molecule has 1 saturated carbocycles.